The highest BCUT2D eigenvalue weighted by Gasteiger charge is 2.08. The van der Waals surface area contributed by atoms with Crippen molar-refractivity contribution in [1.82, 2.24) is 0 Å². The molecule has 0 unspecified atom stereocenters. The lowest BCUT2D eigenvalue weighted by atomic mass is 9.95. The van der Waals surface area contributed by atoms with Gasteiger partial charge in [-0.2, -0.15) is 0 Å². The zero-order valence-electron chi connectivity index (χ0n) is 10.4. The van der Waals surface area contributed by atoms with Gasteiger partial charge in [0.05, 0.1) is 6.61 Å². The average molecular weight is 264 g/mol. The van der Waals surface area contributed by atoms with Crippen LogP contribution in [0.15, 0.2) is 36.4 Å². The molecule has 0 radical (unpaired) electrons. The molecule has 5 heteroatoms. The first-order valence-corrected chi connectivity index (χ1v) is 5.89. The molecule has 98 valence electrons. The summed E-state index contributed by atoms with van der Waals surface area (Å²) in [6.07, 6.45) is 0.495. The van der Waals surface area contributed by atoms with Gasteiger partial charge >= 0.3 is 0 Å². The van der Waals surface area contributed by atoms with Crippen LogP contribution in [0, 0.1) is 17.5 Å². The van der Waals surface area contributed by atoms with Crippen LogP contribution in [0.3, 0.4) is 0 Å². The van der Waals surface area contributed by atoms with Crippen LogP contribution in [0.2, 0.25) is 0 Å². The molecule has 0 saturated carbocycles. The van der Waals surface area contributed by atoms with Crippen LogP contribution in [0.4, 0.5) is 13.2 Å². The Labute approximate surface area is 110 Å². The van der Waals surface area contributed by atoms with Gasteiger partial charge in [-0.1, -0.05) is 17.6 Å². The highest BCUT2D eigenvalue weighted by Crippen LogP contribution is 2.17. The largest absolute Gasteiger partial charge is 0.490 e. The van der Waals surface area contributed by atoms with Gasteiger partial charge in [0, 0.05) is 12.5 Å². The number of halogens is 3. The lowest BCUT2D eigenvalue weighted by molar-refractivity contribution is 0.303. The average Bonchev–Trinajstić information content (AvgIpc) is 2.38. The molecular weight excluding hydrogens is 252 g/mol. The molecule has 0 atom stereocenters. The molecule has 2 aromatic rings. The Kier molecular flexibility index (Phi) is 4.15. The molecule has 0 aliphatic carbocycles. The van der Waals surface area contributed by atoms with Crippen LogP contribution >= 0.6 is 0 Å². The molecule has 19 heavy (non-hydrogen) atoms. The number of rotatable bonds is 4. The zero-order chi connectivity index (χ0) is 13.8. The highest BCUT2D eigenvalue weighted by molar-refractivity contribution is 6.32. The summed E-state index contributed by atoms with van der Waals surface area (Å²) in [5.74, 6) is -1.50. The van der Waals surface area contributed by atoms with Crippen LogP contribution in [0.25, 0.3) is 0 Å². The summed E-state index contributed by atoms with van der Waals surface area (Å²) >= 11 is 0. The number of ether oxygens (including phenoxy) is 1. The summed E-state index contributed by atoms with van der Waals surface area (Å²) in [4.78, 5) is 0. The van der Waals surface area contributed by atoms with Crippen molar-refractivity contribution < 1.29 is 17.9 Å². The van der Waals surface area contributed by atoms with E-state index in [-0.39, 0.29) is 23.6 Å². The van der Waals surface area contributed by atoms with E-state index in [0.717, 1.165) is 17.7 Å². The van der Waals surface area contributed by atoms with Gasteiger partial charge in [0.25, 0.3) is 0 Å². The molecule has 0 aliphatic heterocycles. The van der Waals surface area contributed by atoms with E-state index in [4.69, 9.17) is 4.74 Å². The topological polar surface area (TPSA) is 9.23 Å². The van der Waals surface area contributed by atoms with Crippen molar-refractivity contribution in [3.63, 3.8) is 0 Å². The van der Waals surface area contributed by atoms with Gasteiger partial charge in [0.15, 0.2) is 11.6 Å². The summed E-state index contributed by atoms with van der Waals surface area (Å²) < 4.78 is 44.6. The van der Waals surface area contributed by atoms with Gasteiger partial charge in [-0.3, -0.25) is 0 Å². The van der Waals surface area contributed by atoms with Crippen molar-refractivity contribution in [2.24, 2.45) is 0 Å². The minimum Gasteiger partial charge on any atom is -0.490 e. The molecular formula is C14H12BF3O. The van der Waals surface area contributed by atoms with Crippen LogP contribution < -0.4 is 10.2 Å². The van der Waals surface area contributed by atoms with Crippen molar-refractivity contribution >= 4 is 13.3 Å². The molecule has 0 spiro atoms. The van der Waals surface area contributed by atoms with Gasteiger partial charge in [-0.05, 0) is 23.8 Å². The standard InChI is InChI=1S/C14H12BF3O/c15-11-7-13(18)14(8-12(11)17)19-6-5-9-1-3-10(16)4-2-9/h1-4,7-8H,5-6,15H2. The fourth-order valence-corrected chi connectivity index (χ4v) is 1.67. The molecule has 1 nitrogen and oxygen atoms in total. The molecule has 0 saturated heterocycles. The fraction of sp³-hybridized carbons (Fsp3) is 0.143. The maximum Gasteiger partial charge on any atom is 0.164 e. The Morgan fingerprint density at radius 3 is 2.32 bits per heavy atom. The van der Waals surface area contributed by atoms with Gasteiger partial charge in [0.2, 0.25) is 0 Å². The maximum absolute atomic E-state index is 13.5. The summed E-state index contributed by atoms with van der Waals surface area (Å²) in [5.41, 5.74) is 1.11. The van der Waals surface area contributed by atoms with Gasteiger partial charge in [-0.25, -0.2) is 13.2 Å². The van der Waals surface area contributed by atoms with Crippen molar-refractivity contribution in [3.8, 4) is 5.75 Å². The smallest absolute Gasteiger partial charge is 0.164 e. The first-order valence-electron chi connectivity index (χ1n) is 5.89. The van der Waals surface area contributed by atoms with Crippen molar-refractivity contribution in [2.45, 2.75) is 6.42 Å². The van der Waals surface area contributed by atoms with E-state index in [1.807, 2.05) is 0 Å². The van der Waals surface area contributed by atoms with E-state index in [2.05, 4.69) is 0 Å². The monoisotopic (exact) mass is 264 g/mol. The summed E-state index contributed by atoms with van der Waals surface area (Å²) in [7, 11) is 1.49. The number of hydrogen-bond acceptors (Lipinski definition) is 1. The quantitative estimate of drug-likeness (QED) is 0.767. The van der Waals surface area contributed by atoms with Crippen LogP contribution in [-0.2, 0) is 6.42 Å². The van der Waals surface area contributed by atoms with Crippen LogP contribution in [0.5, 0.6) is 5.75 Å². The van der Waals surface area contributed by atoms with E-state index in [1.54, 1.807) is 12.1 Å². The minimum absolute atomic E-state index is 0.106. The Bertz CT molecular complexity index is 570. The third-order valence-corrected chi connectivity index (χ3v) is 2.77. The molecule has 0 bridgehead atoms. The minimum atomic E-state index is -0.585. The van der Waals surface area contributed by atoms with Gasteiger partial charge in [-0.15, -0.1) is 0 Å². The zero-order valence-corrected chi connectivity index (χ0v) is 10.4. The molecule has 2 aromatic carbocycles. The second-order valence-electron chi connectivity index (χ2n) is 4.26. The third-order valence-electron chi connectivity index (χ3n) is 2.77. The van der Waals surface area contributed by atoms with E-state index in [0.29, 0.717) is 6.42 Å². The van der Waals surface area contributed by atoms with Gasteiger partial charge < -0.3 is 4.74 Å². The van der Waals surface area contributed by atoms with E-state index < -0.39 is 11.6 Å². The first-order chi connectivity index (χ1) is 9.06. The van der Waals surface area contributed by atoms with Crippen molar-refractivity contribution in [3.05, 3.63) is 59.4 Å². The molecule has 2 rings (SSSR count). The van der Waals surface area contributed by atoms with Crippen LogP contribution in [0.1, 0.15) is 5.56 Å². The molecule has 0 aliphatic rings. The normalized spacial score (nSPS) is 10.5. The predicted molar refractivity (Wildman–Crippen MR) is 70.1 cm³/mol. The van der Waals surface area contributed by atoms with Crippen molar-refractivity contribution in [1.29, 1.82) is 0 Å². The van der Waals surface area contributed by atoms with E-state index in [1.165, 1.54) is 20.0 Å². The highest BCUT2D eigenvalue weighted by atomic mass is 19.1. The maximum atomic E-state index is 13.5. The predicted octanol–water partition coefficient (Wildman–Crippen LogP) is 1.98. The molecule has 0 heterocycles. The van der Waals surface area contributed by atoms with Crippen LogP contribution in [-0.4, -0.2) is 14.5 Å². The summed E-state index contributed by atoms with van der Waals surface area (Å²) in [5, 5.41) is 0. The second kappa shape index (κ2) is 5.82. The lowest BCUT2D eigenvalue weighted by Gasteiger charge is -2.08. The Morgan fingerprint density at radius 2 is 1.63 bits per heavy atom. The first kappa shape index (κ1) is 13.5. The van der Waals surface area contributed by atoms with E-state index >= 15 is 0 Å². The number of benzene rings is 2. The molecule has 0 fully saturated rings. The third kappa shape index (κ3) is 3.53. The number of hydrogen-bond donors (Lipinski definition) is 0. The van der Waals surface area contributed by atoms with Gasteiger partial charge in [0.1, 0.15) is 19.5 Å². The van der Waals surface area contributed by atoms with Crippen molar-refractivity contribution in [2.75, 3.05) is 6.61 Å². The Hall–Kier alpha value is -1.91. The lowest BCUT2D eigenvalue weighted by Crippen LogP contribution is -2.11. The molecule has 0 N–H and O–H groups in total. The second-order valence-corrected chi connectivity index (χ2v) is 4.26. The molecule has 0 aromatic heterocycles. The fourth-order valence-electron chi connectivity index (χ4n) is 1.67. The Morgan fingerprint density at radius 1 is 0.947 bits per heavy atom. The Balaban J connectivity index is 1.96. The SMILES string of the molecule is Bc1cc(F)c(OCCc2ccc(F)cc2)cc1F. The van der Waals surface area contributed by atoms with E-state index in [9.17, 15) is 13.2 Å². The molecule has 0 amide bonds. The summed E-state index contributed by atoms with van der Waals surface area (Å²) in [6, 6.07) is 8.09. The summed E-state index contributed by atoms with van der Waals surface area (Å²) in [6.45, 7) is 0.199.